The van der Waals surface area contributed by atoms with Crippen molar-refractivity contribution in [1.29, 1.82) is 0 Å². The molecular weight excluding hydrogens is 290 g/mol. The summed E-state index contributed by atoms with van der Waals surface area (Å²) in [7, 11) is 0. The fourth-order valence-electron chi connectivity index (χ4n) is 2.50. The van der Waals surface area contributed by atoms with Crippen molar-refractivity contribution < 1.29 is 14.7 Å². The van der Waals surface area contributed by atoms with Crippen LogP contribution in [0, 0.1) is 5.92 Å². The van der Waals surface area contributed by atoms with Gasteiger partial charge in [0.25, 0.3) is 0 Å². The van der Waals surface area contributed by atoms with Crippen molar-refractivity contribution in [3.8, 4) is 0 Å². The summed E-state index contributed by atoms with van der Waals surface area (Å²) in [5, 5.41) is 12.6. The molecule has 1 saturated carbocycles. The van der Waals surface area contributed by atoms with Gasteiger partial charge in [-0.15, -0.1) is 0 Å². The summed E-state index contributed by atoms with van der Waals surface area (Å²) in [6, 6.07) is 6.36. The normalized spacial score (nSPS) is 18.6. The molecule has 5 heteroatoms. The molecule has 0 radical (unpaired) electrons. The second-order valence-corrected chi connectivity index (χ2v) is 6.20. The molecule has 1 aliphatic rings. The second kappa shape index (κ2) is 6.06. The molecule has 1 aromatic rings. The predicted molar refractivity (Wildman–Crippen MR) is 81.4 cm³/mol. The smallest absolute Gasteiger partial charge is 0.326 e. The van der Waals surface area contributed by atoms with Gasteiger partial charge in [-0.3, -0.25) is 4.79 Å². The fraction of sp³-hybridized carbons (Fsp3) is 0.500. The minimum atomic E-state index is -0.982. The summed E-state index contributed by atoms with van der Waals surface area (Å²) in [6.45, 7) is 3.75. The van der Waals surface area contributed by atoms with Gasteiger partial charge >= 0.3 is 5.97 Å². The molecule has 0 heterocycles. The van der Waals surface area contributed by atoms with Crippen molar-refractivity contribution in [3.63, 3.8) is 0 Å². The largest absolute Gasteiger partial charge is 0.480 e. The zero-order chi connectivity index (χ0) is 15.6. The Balaban J connectivity index is 2.15. The van der Waals surface area contributed by atoms with E-state index in [1.165, 1.54) is 0 Å². The first kappa shape index (κ1) is 15.8. The molecular formula is C16H20ClNO3. The third kappa shape index (κ3) is 3.21. The van der Waals surface area contributed by atoms with Crippen LogP contribution < -0.4 is 5.32 Å². The molecule has 0 spiro atoms. The Hall–Kier alpha value is -1.55. The van der Waals surface area contributed by atoms with E-state index in [0.29, 0.717) is 11.4 Å². The highest BCUT2D eigenvalue weighted by Crippen LogP contribution is 2.48. The average Bonchev–Trinajstić information content (AvgIpc) is 3.25. The van der Waals surface area contributed by atoms with Crippen molar-refractivity contribution in [3.05, 3.63) is 34.9 Å². The molecule has 1 aliphatic carbocycles. The Morgan fingerprint density at radius 1 is 1.33 bits per heavy atom. The molecule has 1 aromatic carbocycles. The summed E-state index contributed by atoms with van der Waals surface area (Å²) in [5.41, 5.74) is 0.323. The number of benzene rings is 1. The minimum Gasteiger partial charge on any atom is -0.480 e. The zero-order valence-electron chi connectivity index (χ0n) is 12.2. The van der Waals surface area contributed by atoms with Gasteiger partial charge in [-0.1, -0.05) is 44.0 Å². The number of amides is 1. The summed E-state index contributed by atoms with van der Waals surface area (Å²) in [5.74, 6) is -1.28. The van der Waals surface area contributed by atoms with E-state index in [9.17, 15) is 14.7 Å². The van der Waals surface area contributed by atoms with Gasteiger partial charge in [0.05, 0.1) is 5.41 Å². The Labute approximate surface area is 129 Å². The summed E-state index contributed by atoms with van der Waals surface area (Å²) >= 11 is 5.87. The lowest BCUT2D eigenvalue weighted by atomic mass is 9.93. The molecule has 2 atom stereocenters. The third-order valence-corrected chi connectivity index (χ3v) is 4.60. The van der Waals surface area contributed by atoms with Gasteiger partial charge in [-0.05, 0) is 36.5 Å². The summed E-state index contributed by atoms with van der Waals surface area (Å²) < 4.78 is 0. The molecule has 2 unspecified atom stereocenters. The number of aliphatic carboxylic acids is 1. The van der Waals surface area contributed by atoms with Crippen LogP contribution in [0.15, 0.2) is 24.3 Å². The Morgan fingerprint density at radius 3 is 2.33 bits per heavy atom. The summed E-state index contributed by atoms with van der Waals surface area (Å²) in [4.78, 5) is 23.9. The topological polar surface area (TPSA) is 66.4 Å². The van der Waals surface area contributed by atoms with E-state index in [2.05, 4.69) is 5.32 Å². The second-order valence-electron chi connectivity index (χ2n) is 5.76. The van der Waals surface area contributed by atoms with Crippen molar-refractivity contribution in [2.45, 2.75) is 44.6 Å². The number of hydrogen-bond donors (Lipinski definition) is 2. The highest BCUT2D eigenvalue weighted by molar-refractivity contribution is 6.30. The number of carbonyl (C=O) groups is 2. The molecule has 0 aromatic heterocycles. The monoisotopic (exact) mass is 309 g/mol. The lowest BCUT2D eigenvalue weighted by molar-refractivity contribution is -0.143. The Morgan fingerprint density at radius 2 is 1.90 bits per heavy atom. The van der Waals surface area contributed by atoms with Crippen LogP contribution in [0.1, 0.15) is 38.7 Å². The number of carbonyl (C=O) groups excluding carboxylic acids is 1. The Bertz CT molecular complexity index is 537. The number of carboxylic acid groups (broad SMARTS) is 1. The first-order valence-electron chi connectivity index (χ1n) is 7.20. The number of nitrogens with one attached hydrogen (secondary N) is 1. The van der Waals surface area contributed by atoms with E-state index < -0.39 is 17.4 Å². The van der Waals surface area contributed by atoms with Gasteiger partial charge in [-0.2, -0.15) is 0 Å². The van der Waals surface area contributed by atoms with Crippen molar-refractivity contribution in [2.24, 2.45) is 5.92 Å². The van der Waals surface area contributed by atoms with Crippen molar-refractivity contribution in [1.82, 2.24) is 5.32 Å². The van der Waals surface area contributed by atoms with Gasteiger partial charge in [0.1, 0.15) is 6.04 Å². The standard InChI is InChI=1S/C16H20ClNO3/c1-3-10(2)13(14(19)20)18-15(21)16(8-9-16)11-4-6-12(17)7-5-11/h4-7,10,13H,3,8-9H2,1-2H3,(H,18,21)(H,19,20). The molecule has 0 saturated heterocycles. The zero-order valence-corrected chi connectivity index (χ0v) is 13.0. The minimum absolute atomic E-state index is 0.104. The predicted octanol–water partition coefficient (Wildman–Crippen LogP) is 2.99. The number of rotatable bonds is 6. The lowest BCUT2D eigenvalue weighted by Gasteiger charge is -2.23. The maximum absolute atomic E-state index is 12.5. The highest BCUT2D eigenvalue weighted by atomic mass is 35.5. The van der Waals surface area contributed by atoms with Crippen LogP contribution in [0.5, 0.6) is 0 Å². The summed E-state index contributed by atoms with van der Waals surface area (Å²) in [6.07, 6.45) is 2.19. The molecule has 21 heavy (non-hydrogen) atoms. The molecule has 0 bridgehead atoms. The van der Waals surface area contributed by atoms with E-state index in [-0.39, 0.29) is 11.8 Å². The van der Waals surface area contributed by atoms with Crippen LogP contribution in [0.4, 0.5) is 0 Å². The molecule has 1 amide bonds. The van der Waals surface area contributed by atoms with Gasteiger partial charge in [0, 0.05) is 5.02 Å². The molecule has 114 valence electrons. The van der Waals surface area contributed by atoms with Gasteiger partial charge in [-0.25, -0.2) is 4.79 Å². The van der Waals surface area contributed by atoms with E-state index in [0.717, 1.165) is 18.4 Å². The molecule has 2 rings (SSSR count). The van der Waals surface area contributed by atoms with Crippen LogP contribution in [-0.4, -0.2) is 23.0 Å². The van der Waals surface area contributed by atoms with Crippen LogP contribution in [0.25, 0.3) is 0 Å². The lowest BCUT2D eigenvalue weighted by Crippen LogP contribution is -2.48. The van der Waals surface area contributed by atoms with Crippen LogP contribution >= 0.6 is 11.6 Å². The third-order valence-electron chi connectivity index (χ3n) is 4.35. The highest BCUT2D eigenvalue weighted by Gasteiger charge is 2.52. The van der Waals surface area contributed by atoms with E-state index in [1.54, 1.807) is 12.1 Å². The fourth-order valence-corrected chi connectivity index (χ4v) is 2.63. The number of carboxylic acids is 1. The van der Waals surface area contributed by atoms with E-state index in [1.807, 2.05) is 26.0 Å². The van der Waals surface area contributed by atoms with E-state index >= 15 is 0 Å². The first-order valence-corrected chi connectivity index (χ1v) is 7.58. The average molecular weight is 310 g/mol. The van der Waals surface area contributed by atoms with Gasteiger partial charge in [0.2, 0.25) is 5.91 Å². The first-order chi connectivity index (χ1) is 9.90. The van der Waals surface area contributed by atoms with Crippen molar-refractivity contribution in [2.75, 3.05) is 0 Å². The molecule has 2 N–H and O–H groups in total. The van der Waals surface area contributed by atoms with Gasteiger partial charge in [0.15, 0.2) is 0 Å². The SMILES string of the molecule is CCC(C)C(NC(=O)C1(c2ccc(Cl)cc2)CC1)C(=O)O. The maximum Gasteiger partial charge on any atom is 0.326 e. The van der Waals surface area contributed by atoms with Crippen LogP contribution in [-0.2, 0) is 15.0 Å². The molecule has 0 aliphatic heterocycles. The molecule has 4 nitrogen and oxygen atoms in total. The maximum atomic E-state index is 12.5. The van der Waals surface area contributed by atoms with E-state index in [4.69, 9.17) is 11.6 Å². The quantitative estimate of drug-likeness (QED) is 0.849. The van der Waals surface area contributed by atoms with Crippen LogP contribution in [0.3, 0.4) is 0 Å². The number of halogens is 1. The molecule has 1 fully saturated rings. The number of hydrogen-bond acceptors (Lipinski definition) is 2. The van der Waals surface area contributed by atoms with Crippen LogP contribution in [0.2, 0.25) is 5.02 Å². The van der Waals surface area contributed by atoms with Gasteiger partial charge < -0.3 is 10.4 Å². The van der Waals surface area contributed by atoms with Crippen molar-refractivity contribution >= 4 is 23.5 Å². The Kier molecular flexibility index (Phi) is 4.57.